The van der Waals surface area contributed by atoms with E-state index in [0.29, 0.717) is 6.54 Å². The quantitative estimate of drug-likeness (QED) is 0.433. The fourth-order valence-electron chi connectivity index (χ4n) is 1.91. The number of benzene rings is 1. The van der Waals surface area contributed by atoms with Crippen molar-refractivity contribution in [1.82, 2.24) is 0 Å². The molecule has 0 radical (unpaired) electrons. The van der Waals surface area contributed by atoms with Crippen LogP contribution < -0.4 is 4.74 Å². The lowest BCUT2D eigenvalue weighted by atomic mass is 10.0. The molecule has 1 rings (SSSR count). The highest BCUT2D eigenvalue weighted by Crippen LogP contribution is 2.26. The molecule has 3 nitrogen and oxygen atoms in total. The number of carbonyl (C=O) groups excluding carboxylic acids is 1. The molecule has 0 amide bonds. The molecule has 0 atom stereocenters. The summed E-state index contributed by atoms with van der Waals surface area (Å²) in [6.45, 7) is 4.64. The topological polar surface area (TPSA) is 38.7 Å². The Labute approximate surface area is 96.2 Å². The van der Waals surface area contributed by atoms with Crippen LogP contribution in [-0.2, 0) is 11.2 Å². The molecule has 0 fully saturated rings. The third kappa shape index (κ3) is 3.21. The molecule has 3 heteroatoms. The van der Waals surface area contributed by atoms with Gasteiger partial charge in [-0.05, 0) is 37.8 Å². The van der Waals surface area contributed by atoms with Crippen molar-refractivity contribution >= 4 is 6.08 Å². The minimum Gasteiger partial charge on any atom is -0.496 e. The second-order valence-corrected chi connectivity index (χ2v) is 3.85. The van der Waals surface area contributed by atoms with Crippen LogP contribution in [0.4, 0.5) is 0 Å². The SMILES string of the molecule is COc1c(C)cc(C)cc1CCCN=C=O. The molecular formula is C13H17NO2. The maximum Gasteiger partial charge on any atom is 0.234 e. The van der Waals surface area contributed by atoms with E-state index in [1.807, 2.05) is 6.92 Å². The van der Waals surface area contributed by atoms with E-state index >= 15 is 0 Å². The second-order valence-electron chi connectivity index (χ2n) is 3.85. The highest BCUT2D eigenvalue weighted by atomic mass is 16.5. The predicted octanol–water partition coefficient (Wildman–Crippen LogP) is 2.58. The van der Waals surface area contributed by atoms with Crippen molar-refractivity contribution in [1.29, 1.82) is 0 Å². The van der Waals surface area contributed by atoms with E-state index in [0.717, 1.165) is 24.2 Å². The van der Waals surface area contributed by atoms with Crippen molar-refractivity contribution in [2.45, 2.75) is 26.7 Å². The Bertz CT molecular complexity index is 407. The number of aryl methyl sites for hydroxylation is 3. The zero-order valence-electron chi connectivity index (χ0n) is 10.0. The van der Waals surface area contributed by atoms with Gasteiger partial charge in [0.2, 0.25) is 6.08 Å². The summed E-state index contributed by atoms with van der Waals surface area (Å²) in [5.41, 5.74) is 3.56. The molecule has 0 aliphatic rings. The largest absolute Gasteiger partial charge is 0.496 e. The van der Waals surface area contributed by atoms with Gasteiger partial charge in [-0.15, -0.1) is 0 Å². The molecule has 0 unspecified atom stereocenters. The number of rotatable bonds is 5. The minimum absolute atomic E-state index is 0.527. The molecule has 0 aliphatic carbocycles. The summed E-state index contributed by atoms with van der Waals surface area (Å²) in [6, 6.07) is 4.22. The Balaban J connectivity index is 2.80. The Morgan fingerprint density at radius 2 is 2.12 bits per heavy atom. The number of isocyanates is 1. The molecule has 16 heavy (non-hydrogen) atoms. The van der Waals surface area contributed by atoms with Crippen molar-refractivity contribution in [2.75, 3.05) is 13.7 Å². The first-order valence-corrected chi connectivity index (χ1v) is 5.36. The summed E-state index contributed by atoms with van der Waals surface area (Å²) in [5.74, 6) is 0.945. The van der Waals surface area contributed by atoms with E-state index in [9.17, 15) is 4.79 Å². The molecule has 0 heterocycles. The summed E-state index contributed by atoms with van der Waals surface area (Å²) in [7, 11) is 1.69. The Hall–Kier alpha value is -1.60. The van der Waals surface area contributed by atoms with E-state index in [2.05, 4.69) is 24.0 Å². The molecule has 0 saturated carbocycles. The standard InChI is InChI=1S/C13H17NO2/c1-10-7-11(2)13(16-3)12(8-10)5-4-6-14-9-15/h7-8H,4-6H2,1-3H3. The lowest BCUT2D eigenvalue weighted by Crippen LogP contribution is -1.97. The van der Waals surface area contributed by atoms with Gasteiger partial charge >= 0.3 is 0 Å². The van der Waals surface area contributed by atoms with Gasteiger partial charge in [0, 0.05) is 0 Å². The lowest BCUT2D eigenvalue weighted by Gasteiger charge is -2.12. The number of ether oxygens (including phenoxy) is 1. The molecule has 0 bridgehead atoms. The van der Waals surface area contributed by atoms with Gasteiger partial charge in [-0.2, -0.15) is 0 Å². The van der Waals surface area contributed by atoms with Gasteiger partial charge in [0.05, 0.1) is 13.7 Å². The van der Waals surface area contributed by atoms with Crippen LogP contribution in [0.25, 0.3) is 0 Å². The Morgan fingerprint density at radius 3 is 2.75 bits per heavy atom. The van der Waals surface area contributed by atoms with Crippen molar-refractivity contribution < 1.29 is 9.53 Å². The van der Waals surface area contributed by atoms with Crippen molar-refractivity contribution in [3.8, 4) is 5.75 Å². The smallest absolute Gasteiger partial charge is 0.234 e. The summed E-state index contributed by atoms with van der Waals surface area (Å²) in [4.78, 5) is 13.5. The summed E-state index contributed by atoms with van der Waals surface area (Å²) >= 11 is 0. The van der Waals surface area contributed by atoms with E-state index in [-0.39, 0.29) is 0 Å². The van der Waals surface area contributed by atoms with Gasteiger partial charge in [0.15, 0.2) is 0 Å². The van der Waals surface area contributed by atoms with Gasteiger partial charge in [-0.1, -0.05) is 17.7 Å². The highest BCUT2D eigenvalue weighted by Gasteiger charge is 2.06. The van der Waals surface area contributed by atoms with Gasteiger partial charge < -0.3 is 4.74 Å². The van der Waals surface area contributed by atoms with Crippen LogP contribution in [0.2, 0.25) is 0 Å². The predicted molar refractivity (Wildman–Crippen MR) is 63.8 cm³/mol. The van der Waals surface area contributed by atoms with Crippen LogP contribution >= 0.6 is 0 Å². The van der Waals surface area contributed by atoms with Gasteiger partial charge in [0.1, 0.15) is 5.75 Å². The molecule has 1 aromatic rings. The molecular weight excluding hydrogens is 202 g/mol. The average molecular weight is 219 g/mol. The molecule has 1 aromatic carbocycles. The van der Waals surface area contributed by atoms with Crippen molar-refractivity contribution in [3.05, 3.63) is 28.8 Å². The first-order chi connectivity index (χ1) is 7.69. The summed E-state index contributed by atoms with van der Waals surface area (Å²) < 4.78 is 5.38. The first-order valence-electron chi connectivity index (χ1n) is 5.36. The van der Waals surface area contributed by atoms with E-state index in [1.54, 1.807) is 13.2 Å². The first kappa shape index (κ1) is 12.5. The average Bonchev–Trinajstić information content (AvgIpc) is 2.24. The summed E-state index contributed by atoms with van der Waals surface area (Å²) in [6.07, 6.45) is 3.26. The third-order valence-electron chi connectivity index (χ3n) is 2.48. The maximum atomic E-state index is 9.93. The number of methoxy groups -OCH3 is 1. The molecule has 0 aromatic heterocycles. The minimum atomic E-state index is 0.527. The van der Waals surface area contributed by atoms with Crippen LogP contribution in [0.5, 0.6) is 5.75 Å². The lowest BCUT2D eigenvalue weighted by molar-refractivity contribution is 0.406. The van der Waals surface area contributed by atoms with Gasteiger partial charge in [-0.3, -0.25) is 0 Å². The van der Waals surface area contributed by atoms with E-state index in [1.165, 1.54) is 11.1 Å². The fraction of sp³-hybridized carbons (Fsp3) is 0.462. The van der Waals surface area contributed by atoms with Gasteiger partial charge in [-0.25, -0.2) is 9.79 Å². The van der Waals surface area contributed by atoms with Crippen LogP contribution in [0.1, 0.15) is 23.1 Å². The second kappa shape index (κ2) is 6.09. The summed E-state index contributed by atoms with van der Waals surface area (Å²) in [5, 5.41) is 0. The van der Waals surface area contributed by atoms with Crippen molar-refractivity contribution in [2.24, 2.45) is 4.99 Å². The zero-order chi connectivity index (χ0) is 12.0. The number of hydrogen-bond donors (Lipinski definition) is 0. The zero-order valence-corrected chi connectivity index (χ0v) is 10.0. The van der Waals surface area contributed by atoms with E-state index in [4.69, 9.17) is 4.74 Å². The van der Waals surface area contributed by atoms with Crippen molar-refractivity contribution in [3.63, 3.8) is 0 Å². The molecule has 0 N–H and O–H groups in total. The van der Waals surface area contributed by atoms with Crippen LogP contribution in [-0.4, -0.2) is 19.7 Å². The van der Waals surface area contributed by atoms with Crippen LogP contribution in [0.15, 0.2) is 17.1 Å². The number of aliphatic imine (C=N–C) groups is 1. The maximum absolute atomic E-state index is 9.93. The normalized spacial score (nSPS) is 9.69. The molecule has 0 aliphatic heterocycles. The monoisotopic (exact) mass is 219 g/mol. The molecule has 86 valence electrons. The highest BCUT2D eigenvalue weighted by molar-refractivity contribution is 5.43. The number of hydrogen-bond acceptors (Lipinski definition) is 3. The Morgan fingerprint density at radius 1 is 1.38 bits per heavy atom. The fourth-order valence-corrected chi connectivity index (χ4v) is 1.91. The van der Waals surface area contributed by atoms with Gasteiger partial charge in [0.25, 0.3) is 0 Å². The van der Waals surface area contributed by atoms with Crippen LogP contribution in [0, 0.1) is 13.8 Å². The third-order valence-corrected chi connectivity index (χ3v) is 2.48. The van der Waals surface area contributed by atoms with Crippen LogP contribution in [0.3, 0.4) is 0 Å². The molecule has 0 spiro atoms. The number of nitrogens with zero attached hydrogens (tertiary/aromatic N) is 1. The molecule has 0 saturated heterocycles. The van der Waals surface area contributed by atoms with E-state index < -0.39 is 0 Å². The Kier molecular flexibility index (Phi) is 4.74.